The van der Waals surface area contributed by atoms with Gasteiger partial charge in [0, 0.05) is 6.20 Å². The second-order valence-electron chi connectivity index (χ2n) is 2.37. The number of carboxylic acid groups (broad SMARTS) is 1. The fraction of sp³-hybridized carbons (Fsp3) is 0.143. The predicted molar refractivity (Wildman–Crippen MR) is 46.7 cm³/mol. The Bertz CT molecular complexity index is 429. The standard InChI is InChI=1S/C7H4BrF2NO3/c8-3-4(7(13)14)11-1-2(5(3)12)6(9)10/h1,6H,(H,11,12)(H,13,14). The molecule has 7 heteroatoms. The van der Waals surface area contributed by atoms with E-state index in [1.165, 1.54) is 0 Å². The first-order valence-corrected chi connectivity index (χ1v) is 4.17. The highest BCUT2D eigenvalue weighted by Crippen LogP contribution is 2.17. The summed E-state index contributed by atoms with van der Waals surface area (Å²) in [6.07, 6.45) is -2.24. The average molecular weight is 268 g/mol. The Morgan fingerprint density at radius 2 is 2.14 bits per heavy atom. The summed E-state index contributed by atoms with van der Waals surface area (Å²) in [4.78, 5) is 23.7. The molecule has 0 aliphatic heterocycles. The maximum absolute atomic E-state index is 12.2. The Morgan fingerprint density at radius 3 is 2.57 bits per heavy atom. The van der Waals surface area contributed by atoms with Gasteiger partial charge in [-0.25, -0.2) is 13.6 Å². The smallest absolute Gasteiger partial charge is 0.353 e. The van der Waals surface area contributed by atoms with E-state index in [0.717, 1.165) is 0 Å². The van der Waals surface area contributed by atoms with Gasteiger partial charge in [0.25, 0.3) is 6.43 Å². The van der Waals surface area contributed by atoms with Crippen LogP contribution in [-0.2, 0) is 0 Å². The molecule has 76 valence electrons. The van der Waals surface area contributed by atoms with Crippen molar-refractivity contribution in [2.24, 2.45) is 0 Å². The third-order valence-electron chi connectivity index (χ3n) is 1.50. The Morgan fingerprint density at radius 1 is 1.57 bits per heavy atom. The molecular formula is C7H4BrF2NO3. The molecule has 0 bridgehead atoms. The van der Waals surface area contributed by atoms with E-state index in [1.54, 1.807) is 0 Å². The van der Waals surface area contributed by atoms with Crippen LogP contribution in [0.4, 0.5) is 8.78 Å². The number of aromatic nitrogens is 1. The Hall–Kier alpha value is -1.24. The van der Waals surface area contributed by atoms with Crippen LogP contribution in [0.2, 0.25) is 0 Å². The minimum Gasteiger partial charge on any atom is -0.477 e. The van der Waals surface area contributed by atoms with E-state index in [-0.39, 0.29) is 0 Å². The number of rotatable bonds is 2. The molecular weight excluding hydrogens is 264 g/mol. The van der Waals surface area contributed by atoms with Crippen molar-refractivity contribution in [2.75, 3.05) is 0 Å². The number of halogens is 3. The molecule has 0 atom stereocenters. The molecule has 2 N–H and O–H groups in total. The lowest BCUT2D eigenvalue weighted by molar-refractivity contribution is 0.0688. The summed E-state index contributed by atoms with van der Waals surface area (Å²) in [7, 11) is 0. The van der Waals surface area contributed by atoms with Crippen LogP contribution in [-0.4, -0.2) is 16.1 Å². The normalized spacial score (nSPS) is 10.6. The molecule has 1 aromatic rings. The molecule has 0 aromatic carbocycles. The van der Waals surface area contributed by atoms with Crippen LogP contribution in [0, 0.1) is 0 Å². The molecule has 0 amide bonds. The molecule has 0 spiro atoms. The SMILES string of the molecule is O=C(O)c1[nH]cc(C(F)F)c(=O)c1Br. The van der Waals surface area contributed by atoms with Crippen LogP contribution in [0.15, 0.2) is 15.5 Å². The molecule has 0 radical (unpaired) electrons. The molecule has 1 aromatic heterocycles. The lowest BCUT2D eigenvalue weighted by Crippen LogP contribution is -2.16. The molecule has 0 aliphatic rings. The predicted octanol–water partition coefficient (Wildman–Crippen LogP) is 1.77. The van der Waals surface area contributed by atoms with Crippen molar-refractivity contribution >= 4 is 21.9 Å². The Kier molecular flexibility index (Phi) is 3.00. The summed E-state index contributed by atoms with van der Waals surface area (Å²) in [6, 6.07) is 0. The van der Waals surface area contributed by atoms with Crippen molar-refractivity contribution in [1.82, 2.24) is 4.98 Å². The molecule has 0 unspecified atom stereocenters. The fourth-order valence-corrected chi connectivity index (χ4v) is 1.35. The van der Waals surface area contributed by atoms with Crippen LogP contribution >= 0.6 is 15.9 Å². The first-order valence-electron chi connectivity index (χ1n) is 3.37. The van der Waals surface area contributed by atoms with Crippen molar-refractivity contribution in [1.29, 1.82) is 0 Å². The van der Waals surface area contributed by atoms with Gasteiger partial charge in [-0.3, -0.25) is 4.79 Å². The van der Waals surface area contributed by atoms with E-state index in [1.807, 2.05) is 0 Å². The summed E-state index contributed by atoms with van der Waals surface area (Å²) >= 11 is 2.64. The van der Waals surface area contributed by atoms with Crippen LogP contribution in [0.3, 0.4) is 0 Å². The molecule has 0 aliphatic carbocycles. The third kappa shape index (κ3) is 1.82. The van der Waals surface area contributed by atoms with E-state index in [2.05, 4.69) is 20.9 Å². The largest absolute Gasteiger partial charge is 0.477 e. The van der Waals surface area contributed by atoms with Crippen molar-refractivity contribution in [3.63, 3.8) is 0 Å². The summed E-state index contributed by atoms with van der Waals surface area (Å²) < 4.78 is 23.9. The zero-order valence-corrected chi connectivity index (χ0v) is 8.14. The molecule has 1 rings (SSSR count). The van der Waals surface area contributed by atoms with E-state index < -0.39 is 33.6 Å². The van der Waals surface area contributed by atoms with Crippen molar-refractivity contribution in [2.45, 2.75) is 6.43 Å². The van der Waals surface area contributed by atoms with E-state index >= 15 is 0 Å². The van der Waals surface area contributed by atoms with Gasteiger partial charge >= 0.3 is 5.97 Å². The van der Waals surface area contributed by atoms with Crippen LogP contribution in [0.5, 0.6) is 0 Å². The molecule has 1 heterocycles. The number of pyridine rings is 1. The number of hydrogen-bond donors (Lipinski definition) is 2. The van der Waals surface area contributed by atoms with Gasteiger partial charge in [0.2, 0.25) is 5.43 Å². The highest BCUT2D eigenvalue weighted by atomic mass is 79.9. The topological polar surface area (TPSA) is 70.2 Å². The number of carboxylic acids is 1. The minimum atomic E-state index is -2.93. The van der Waals surface area contributed by atoms with Gasteiger partial charge in [-0.05, 0) is 15.9 Å². The lowest BCUT2D eigenvalue weighted by Gasteiger charge is -2.02. The van der Waals surface area contributed by atoms with Gasteiger partial charge in [0.1, 0.15) is 5.69 Å². The van der Waals surface area contributed by atoms with E-state index in [0.29, 0.717) is 6.20 Å². The maximum atomic E-state index is 12.2. The van der Waals surface area contributed by atoms with Gasteiger partial charge in [0.15, 0.2) is 0 Å². The van der Waals surface area contributed by atoms with Gasteiger partial charge in [-0.1, -0.05) is 0 Å². The molecule has 14 heavy (non-hydrogen) atoms. The number of aromatic amines is 1. The Balaban J connectivity index is 3.42. The summed E-state index contributed by atoms with van der Waals surface area (Å²) in [5.74, 6) is -1.39. The second-order valence-corrected chi connectivity index (χ2v) is 3.16. The first kappa shape index (κ1) is 10.8. The molecule has 4 nitrogen and oxygen atoms in total. The summed E-state index contributed by atoms with van der Waals surface area (Å²) in [6.45, 7) is 0. The van der Waals surface area contributed by atoms with E-state index in [4.69, 9.17) is 5.11 Å². The zero-order chi connectivity index (χ0) is 10.9. The molecule has 0 fully saturated rings. The van der Waals surface area contributed by atoms with Gasteiger partial charge in [-0.2, -0.15) is 0 Å². The van der Waals surface area contributed by atoms with Crippen molar-refractivity contribution in [3.05, 3.63) is 32.2 Å². The average Bonchev–Trinajstić information content (AvgIpc) is 2.08. The number of carbonyl (C=O) groups is 1. The molecule has 0 saturated carbocycles. The monoisotopic (exact) mass is 267 g/mol. The highest BCUT2D eigenvalue weighted by molar-refractivity contribution is 9.10. The van der Waals surface area contributed by atoms with Crippen LogP contribution in [0.25, 0.3) is 0 Å². The zero-order valence-electron chi connectivity index (χ0n) is 6.55. The first-order chi connectivity index (χ1) is 6.45. The third-order valence-corrected chi connectivity index (χ3v) is 2.26. The minimum absolute atomic E-state index is 0.400. The Labute approximate surface area is 84.7 Å². The summed E-state index contributed by atoms with van der Waals surface area (Å²) in [5, 5.41) is 8.53. The van der Waals surface area contributed by atoms with Crippen molar-refractivity contribution < 1.29 is 18.7 Å². The number of aromatic carboxylic acids is 1. The summed E-state index contributed by atoms with van der Waals surface area (Å²) in [5.41, 5.74) is -2.22. The fourth-order valence-electron chi connectivity index (χ4n) is 0.837. The second kappa shape index (κ2) is 3.87. The van der Waals surface area contributed by atoms with Gasteiger partial charge in [-0.15, -0.1) is 0 Å². The molecule has 0 saturated heterocycles. The number of alkyl halides is 2. The van der Waals surface area contributed by atoms with Gasteiger partial charge < -0.3 is 10.1 Å². The highest BCUT2D eigenvalue weighted by Gasteiger charge is 2.19. The number of H-pyrrole nitrogens is 1. The van der Waals surface area contributed by atoms with Crippen LogP contribution in [0.1, 0.15) is 22.5 Å². The quantitative estimate of drug-likeness (QED) is 0.858. The number of hydrogen-bond acceptors (Lipinski definition) is 2. The van der Waals surface area contributed by atoms with Crippen molar-refractivity contribution in [3.8, 4) is 0 Å². The maximum Gasteiger partial charge on any atom is 0.353 e. The van der Waals surface area contributed by atoms with Gasteiger partial charge in [0.05, 0.1) is 10.0 Å². The van der Waals surface area contributed by atoms with Crippen LogP contribution < -0.4 is 5.43 Å². The lowest BCUT2D eigenvalue weighted by atomic mass is 10.2. The van der Waals surface area contributed by atoms with E-state index in [9.17, 15) is 18.4 Å². The number of nitrogens with one attached hydrogen (secondary N) is 1.